The molecule has 1 heterocycles. The first kappa shape index (κ1) is 8.77. The first-order valence-electron chi connectivity index (χ1n) is 3.72. The van der Waals surface area contributed by atoms with Gasteiger partial charge in [0.2, 0.25) is 0 Å². The molecule has 1 aromatic rings. The van der Waals surface area contributed by atoms with Crippen LogP contribution in [0.4, 0.5) is 0 Å². The van der Waals surface area contributed by atoms with Crippen LogP contribution in [-0.4, -0.2) is 16.6 Å². The summed E-state index contributed by atoms with van der Waals surface area (Å²) in [5, 5.41) is 6.27. The minimum Gasteiger partial charge on any atom is -0.364 e. The van der Waals surface area contributed by atoms with E-state index in [1.54, 1.807) is 0 Å². The van der Waals surface area contributed by atoms with Gasteiger partial charge in [0, 0.05) is 11.6 Å². The highest BCUT2D eigenvalue weighted by Gasteiger charge is 2.16. The van der Waals surface area contributed by atoms with Crippen LogP contribution < -0.4 is 5.32 Å². The first-order valence-corrected chi connectivity index (χ1v) is 3.72. The van der Waals surface area contributed by atoms with Crippen molar-refractivity contribution in [1.29, 1.82) is 0 Å². The maximum Gasteiger partial charge on any atom is 0.273 e. The lowest BCUT2D eigenvalue weighted by Gasteiger charge is -2.19. The highest BCUT2D eigenvalue weighted by Crippen LogP contribution is 2.01. The van der Waals surface area contributed by atoms with E-state index in [2.05, 4.69) is 15.0 Å². The Morgan fingerprint density at radius 1 is 1.58 bits per heavy atom. The van der Waals surface area contributed by atoms with Gasteiger partial charge in [0.05, 0.1) is 0 Å². The molecule has 0 spiro atoms. The first-order chi connectivity index (χ1) is 5.49. The Balaban J connectivity index is 2.63. The molecule has 0 saturated carbocycles. The molecule has 66 valence electrons. The highest BCUT2D eigenvalue weighted by molar-refractivity contribution is 5.92. The quantitative estimate of drug-likeness (QED) is 0.685. The van der Waals surface area contributed by atoms with Crippen LogP contribution in [0.1, 0.15) is 31.3 Å². The van der Waals surface area contributed by atoms with Gasteiger partial charge in [-0.25, -0.2) is 0 Å². The van der Waals surface area contributed by atoms with Crippen molar-refractivity contribution >= 4 is 5.91 Å². The average molecular weight is 168 g/mol. The predicted octanol–water partition coefficient (Wildman–Crippen LogP) is 1.20. The molecule has 0 aliphatic heterocycles. The topological polar surface area (TPSA) is 55.1 Å². The summed E-state index contributed by atoms with van der Waals surface area (Å²) in [4.78, 5) is 11.3. The number of aromatic nitrogens is 1. The van der Waals surface area contributed by atoms with Gasteiger partial charge >= 0.3 is 0 Å². The zero-order valence-corrected chi connectivity index (χ0v) is 7.42. The number of hydrogen-bond acceptors (Lipinski definition) is 3. The average Bonchev–Trinajstić information content (AvgIpc) is 2.32. The molecule has 0 atom stereocenters. The van der Waals surface area contributed by atoms with Gasteiger partial charge in [0.25, 0.3) is 5.91 Å². The maximum absolute atomic E-state index is 11.3. The number of amides is 1. The van der Waals surface area contributed by atoms with Gasteiger partial charge in [-0.3, -0.25) is 4.79 Å². The third kappa shape index (κ3) is 2.38. The highest BCUT2D eigenvalue weighted by atomic mass is 16.5. The molecule has 0 fully saturated rings. The van der Waals surface area contributed by atoms with E-state index in [1.807, 2.05) is 20.8 Å². The summed E-state index contributed by atoms with van der Waals surface area (Å²) in [6, 6.07) is 1.53. The standard InChI is InChI=1S/C8H12N2O2/c1-8(2,3)9-7(11)6-4-5-12-10-6/h4-5H,1-3H3,(H,9,11). The van der Waals surface area contributed by atoms with E-state index < -0.39 is 0 Å². The molecular weight excluding hydrogens is 156 g/mol. The molecule has 4 heteroatoms. The third-order valence-electron chi connectivity index (χ3n) is 1.16. The molecule has 0 bridgehead atoms. The molecule has 1 amide bonds. The van der Waals surface area contributed by atoms with Crippen molar-refractivity contribution in [2.75, 3.05) is 0 Å². The van der Waals surface area contributed by atoms with Crippen molar-refractivity contribution < 1.29 is 9.32 Å². The SMILES string of the molecule is CC(C)(C)NC(=O)c1ccon1. The lowest BCUT2D eigenvalue weighted by Crippen LogP contribution is -2.40. The second-order valence-corrected chi connectivity index (χ2v) is 3.59. The Morgan fingerprint density at radius 3 is 2.67 bits per heavy atom. The smallest absolute Gasteiger partial charge is 0.273 e. The van der Waals surface area contributed by atoms with E-state index in [4.69, 9.17) is 0 Å². The summed E-state index contributed by atoms with van der Waals surface area (Å²) in [5.74, 6) is -0.212. The molecule has 0 aliphatic carbocycles. The maximum atomic E-state index is 11.3. The van der Waals surface area contributed by atoms with Gasteiger partial charge in [-0.15, -0.1) is 0 Å². The zero-order chi connectivity index (χ0) is 9.19. The minimum atomic E-state index is -0.240. The fraction of sp³-hybridized carbons (Fsp3) is 0.500. The number of hydrogen-bond donors (Lipinski definition) is 1. The van der Waals surface area contributed by atoms with Crippen LogP contribution in [0, 0.1) is 0 Å². The molecule has 4 nitrogen and oxygen atoms in total. The summed E-state index contributed by atoms with van der Waals surface area (Å²) in [6.45, 7) is 5.72. The number of carbonyl (C=O) groups excluding carboxylic acids is 1. The van der Waals surface area contributed by atoms with E-state index in [0.717, 1.165) is 0 Å². The third-order valence-corrected chi connectivity index (χ3v) is 1.16. The molecule has 0 radical (unpaired) electrons. The number of rotatable bonds is 1. The van der Waals surface area contributed by atoms with Crippen LogP contribution in [0.2, 0.25) is 0 Å². The molecule has 0 unspecified atom stereocenters. The lowest BCUT2D eigenvalue weighted by molar-refractivity contribution is 0.0910. The molecule has 1 N–H and O–H groups in total. The van der Waals surface area contributed by atoms with Gasteiger partial charge in [0.15, 0.2) is 5.69 Å². The van der Waals surface area contributed by atoms with Gasteiger partial charge in [-0.05, 0) is 20.8 Å². The van der Waals surface area contributed by atoms with E-state index in [-0.39, 0.29) is 11.4 Å². The van der Waals surface area contributed by atoms with E-state index >= 15 is 0 Å². The van der Waals surface area contributed by atoms with Gasteiger partial charge in [-0.2, -0.15) is 0 Å². The Morgan fingerprint density at radius 2 is 2.25 bits per heavy atom. The Bertz CT molecular complexity index is 259. The zero-order valence-electron chi connectivity index (χ0n) is 7.42. The second-order valence-electron chi connectivity index (χ2n) is 3.59. The molecule has 0 saturated heterocycles. The van der Waals surface area contributed by atoms with E-state index in [1.165, 1.54) is 12.3 Å². The van der Waals surface area contributed by atoms with Gasteiger partial charge in [0.1, 0.15) is 6.26 Å². The number of nitrogens with one attached hydrogen (secondary N) is 1. The minimum absolute atomic E-state index is 0.212. The number of carbonyl (C=O) groups is 1. The summed E-state index contributed by atoms with van der Waals surface area (Å²) < 4.78 is 4.54. The fourth-order valence-corrected chi connectivity index (χ4v) is 0.734. The summed E-state index contributed by atoms with van der Waals surface area (Å²) in [5.41, 5.74) is 0.0701. The molecule has 1 rings (SSSR count). The summed E-state index contributed by atoms with van der Waals surface area (Å²) in [6.07, 6.45) is 1.37. The van der Waals surface area contributed by atoms with Crippen molar-refractivity contribution in [3.8, 4) is 0 Å². The largest absolute Gasteiger partial charge is 0.364 e. The van der Waals surface area contributed by atoms with Crippen LogP contribution in [0.5, 0.6) is 0 Å². The Kier molecular flexibility index (Phi) is 2.17. The molecular formula is C8H12N2O2. The molecule has 1 aromatic heterocycles. The van der Waals surface area contributed by atoms with Crippen LogP contribution in [0.15, 0.2) is 16.9 Å². The van der Waals surface area contributed by atoms with Crippen molar-refractivity contribution in [3.63, 3.8) is 0 Å². The molecule has 0 aromatic carbocycles. The summed E-state index contributed by atoms with van der Waals surface area (Å²) in [7, 11) is 0. The van der Waals surface area contributed by atoms with Crippen molar-refractivity contribution in [2.24, 2.45) is 0 Å². The van der Waals surface area contributed by atoms with Crippen LogP contribution in [0.25, 0.3) is 0 Å². The van der Waals surface area contributed by atoms with Crippen molar-refractivity contribution in [3.05, 3.63) is 18.0 Å². The normalized spacial score (nSPS) is 11.2. The Labute approximate surface area is 70.9 Å². The van der Waals surface area contributed by atoms with Crippen LogP contribution >= 0.6 is 0 Å². The van der Waals surface area contributed by atoms with Crippen LogP contribution in [0.3, 0.4) is 0 Å². The lowest BCUT2D eigenvalue weighted by atomic mass is 10.1. The van der Waals surface area contributed by atoms with Crippen molar-refractivity contribution in [1.82, 2.24) is 10.5 Å². The van der Waals surface area contributed by atoms with E-state index in [0.29, 0.717) is 5.69 Å². The Hall–Kier alpha value is -1.32. The monoisotopic (exact) mass is 168 g/mol. The van der Waals surface area contributed by atoms with Crippen molar-refractivity contribution in [2.45, 2.75) is 26.3 Å². The van der Waals surface area contributed by atoms with Gasteiger partial charge < -0.3 is 9.84 Å². The van der Waals surface area contributed by atoms with E-state index in [9.17, 15) is 4.79 Å². The second kappa shape index (κ2) is 2.97. The predicted molar refractivity (Wildman–Crippen MR) is 43.7 cm³/mol. The number of nitrogens with zero attached hydrogens (tertiary/aromatic N) is 1. The van der Waals surface area contributed by atoms with Crippen LogP contribution in [-0.2, 0) is 0 Å². The summed E-state index contributed by atoms with van der Waals surface area (Å²) >= 11 is 0. The fourth-order valence-electron chi connectivity index (χ4n) is 0.734. The van der Waals surface area contributed by atoms with Gasteiger partial charge in [-0.1, -0.05) is 5.16 Å². The molecule has 0 aliphatic rings. The molecule has 12 heavy (non-hydrogen) atoms.